The Morgan fingerprint density at radius 1 is 0.667 bits per heavy atom. The summed E-state index contributed by atoms with van der Waals surface area (Å²) in [5, 5.41) is 59.6. The summed E-state index contributed by atoms with van der Waals surface area (Å²) in [5.74, 6) is -1.71. The fourth-order valence-corrected chi connectivity index (χ4v) is 7.66. The van der Waals surface area contributed by atoms with Gasteiger partial charge < -0.3 is 24.8 Å². The number of carbonyl (C=O) groups excluding carboxylic acids is 1. The molecule has 0 saturated heterocycles. The lowest BCUT2D eigenvalue weighted by molar-refractivity contribution is -0.117. The van der Waals surface area contributed by atoms with Crippen LogP contribution in [0.15, 0.2) is 129 Å². The largest absolute Gasteiger partial charge is 0.505 e. The van der Waals surface area contributed by atoms with E-state index in [0.29, 0.717) is 5.56 Å². The molecule has 330 valence electrons. The highest BCUT2D eigenvalue weighted by Crippen LogP contribution is 2.45. The van der Waals surface area contributed by atoms with Crippen LogP contribution in [-0.4, -0.2) is 98.3 Å². The van der Waals surface area contributed by atoms with Crippen molar-refractivity contribution in [2.75, 3.05) is 31.4 Å². The maximum absolute atomic E-state index is 13.2. The number of azo groups is 3. The van der Waals surface area contributed by atoms with Crippen LogP contribution < -0.4 is 14.5 Å². The summed E-state index contributed by atoms with van der Waals surface area (Å²) < 4.78 is 113. The van der Waals surface area contributed by atoms with Crippen molar-refractivity contribution in [3.63, 3.8) is 0 Å². The van der Waals surface area contributed by atoms with Crippen LogP contribution >= 0.6 is 0 Å². The number of aromatic hydroxyl groups is 1. The van der Waals surface area contributed by atoms with Gasteiger partial charge in [0.2, 0.25) is 0 Å². The number of hydrogen-bond acceptors (Lipinski definition) is 19. The third kappa shape index (κ3) is 10.5. The highest BCUT2D eigenvalue weighted by Gasteiger charge is 2.35. The number of amides is 1. The van der Waals surface area contributed by atoms with Gasteiger partial charge in [-0.15, -0.1) is 20.5 Å². The summed E-state index contributed by atoms with van der Waals surface area (Å²) in [6, 6.07) is 14.8. The molecule has 5 aromatic rings. The first kappa shape index (κ1) is 45.9. The molecule has 1 aliphatic heterocycles. The summed E-state index contributed by atoms with van der Waals surface area (Å²) in [6.45, 7) is 1.52. The Labute approximate surface area is 357 Å². The fraction of sp³-hybridized carbons (Fsp3) is 0.189. The van der Waals surface area contributed by atoms with E-state index in [4.69, 9.17) is 9.47 Å². The standard InChI is InChI=1S/C37H34N8O15S3/c1-20-3-10-27(32(15-20)62(53,54)55)39-40-28-18-31(60-14-12-47)29(19-30(28)59-13-11-46)41-43-35-33(63(56,57)58)17-22-16-23(4-9-26(22)36(35)48)38-42-34-21(2)44-45(37(34)49)24-5-7-25(8-6-24)61(50,51)52/h3-10,15-19,34,46-48H,11-14H2,1-2H3,(H,50,51,52)(H,53,54,55)(H,56,57,58). The number of phenols is 1. The predicted molar refractivity (Wildman–Crippen MR) is 222 cm³/mol. The molecule has 1 heterocycles. The van der Waals surface area contributed by atoms with Crippen molar-refractivity contribution >= 4 is 86.9 Å². The molecule has 23 nitrogen and oxygen atoms in total. The van der Waals surface area contributed by atoms with Crippen molar-refractivity contribution in [1.29, 1.82) is 0 Å². The van der Waals surface area contributed by atoms with Gasteiger partial charge in [0.15, 0.2) is 11.8 Å². The highest BCUT2D eigenvalue weighted by molar-refractivity contribution is 7.86. The Hall–Kier alpha value is -6.65. The van der Waals surface area contributed by atoms with E-state index in [1.807, 2.05) is 0 Å². The van der Waals surface area contributed by atoms with E-state index < -0.39 is 81.6 Å². The maximum Gasteiger partial charge on any atom is 0.296 e. The molecule has 5 aromatic carbocycles. The van der Waals surface area contributed by atoms with Crippen LogP contribution in [0.1, 0.15) is 12.5 Å². The first-order valence-electron chi connectivity index (χ1n) is 17.9. The molecule has 26 heteroatoms. The van der Waals surface area contributed by atoms with Crippen molar-refractivity contribution in [1.82, 2.24) is 0 Å². The number of anilines is 1. The van der Waals surface area contributed by atoms with Crippen molar-refractivity contribution in [3.05, 3.63) is 84.4 Å². The van der Waals surface area contributed by atoms with Crippen LogP contribution in [0.2, 0.25) is 0 Å². The SMILES string of the molecule is CC1=NN(c2ccc(S(=O)(=O)O)cc2)C(=O)C1N=Nc1ccc2c(O)c(N=Nc3cc(OCCO)c(N=Nc4ccc(C)cc4S(=O)(=O)O)cc3OCCO)c(S(=O)(=O)O)cc2c1. The summed E-state index contributed by atoms with van der Waals surface area (Å²) in [5.41, 5.74) is -0.337. The zero-order valence-electron chi connectivity index (χ0n) is 32.6. The minimum Gasteiger partial charge on any atom is -0.505 e. The van der Waals surface area contributed by atoms with Crippen molar-refractivity contribution in [3.8, 4) is 17.2 Å². The molecule has 1 unspecified atom stereocenters. The van der Waals surface area contributed by atoms with Gasteiger partial charge in [-0.2, -0.15) is 45.6 Å². The van der Waals surface area contributed by atoms with Crippen LogP contribution in [0.5, 0.6) is 17.2 Å². The first-order chi connectivity index (χ1) is 29.7. The lowest BCUT2D eigenvalue weighted by Gasteiger charge is -2.13. The highest BCUT2D eigenvalue weighted by atomic mass is 32.2. The number of rotatable bonds is 16. The van der Waals surface area contributed by atoms with Crippen LogP contribution in [0.25, 0.3) is 10.8 Å². The van der Waals surface area contributed by atoms with Crippen molar-refractivity contribution in [2.24, 2.45) is 35.8 Å². The molecule has 1 aliphatic rings. The minimum absolute atomic E-state index is 0.00403. The van der Waals surface area contributed by atoms with E-state index >= 15 is 0 Å². The predicted octanol–water partition coefficient (Wildman–Crippen LogP) is 6.04. The number of aliphatic hydroxyl groups excluding tert-OH is 2. The maximum atomic E-state index is 13.2. The second kappa shape index (κ2) is 18.4. The molecule has 0 spiro atoms. The summed E-state index contributed by atoms with van der Waals surface area (Å²) in [4.78, 5) is 11.4. The molecule has 1 amide bonds. The Morgan fingerprint density at radius 2 is 1.25 bits per heavy atom. The number of nitrogens with zero attached hydrogens (tertiary/aromatic N) is 8. The van der Waals surface area contributed by atoms with Gasteiger partial charge in [0.25, 0.3) is 36.3 Å². The van der Waals surface area contributed by atoms with E-state index in [1.54, 1.807) is 6.92 Å². The molecule has 0 bridgehead atoms. The number of aryl methyl sites for hydroxylation is 1. The van der Waals surface area contributed by atoms with Crippen LogP contribution in [0.3, 0.4) is 0 Å². The number of fused-ring (bicyclic) bond motifs is 1. The molecule has 6 N–H and O–H groups in total. The van der Waals surface area contributed by atoms with Crippen LogP contribution in [-0.2, 0) is 35.1 Å². The fourth-order valence-electron chi connectivity index (χ4n) is 5.81. The summed E-state index contributed by atoms with van der Waals surface area (Å²) >= 11 is 0. The van der Waals surface area contributed by atoms with Gasteiger partial charge >= 0.3 is 0 Å². The second-order valence-corrected chi connectivity index (χ2v) is 17.4. The van der Waals surface area contributed by atoms with Crippen molar-refractivity contribution < 1.29 is 68.5 Å². The van der Waals surface area contributed by atoms with Gasteiger partial charge in [-0.1, -0.05) is 6.07 Å². The lowest BCUT2D eigenvalue weighted by atomic mass is 10.1. The monoisotopic (exact) mass is 926 g/mol. The normalized spacial score (nSPS) is 15.0. The number of phenolic OH excluding ortho intramolecular Hbond substituents is 1. The number of carbonyl (C=O) groups is 1. The topological polar surface area (TPSA) is 349 Å². The third-order valence-corrected chi connectivity index (χ3v) is 11.3. The number of hydrogen-bond donors (Lipinski definition) is 6. The number of hydrazone groups is 1. The molecule has 6 rings (SSSR count). The zero-order valence-corrected chi connectivity index (χ0v) is 35.0. The number of benzene rings is 5. The van der Waals surface area contributed by atoms with Gasteiger partial charge in [0.1, 0.15) is 57.3 Å². The average molecular weight is 927 g/mol. The minimum atomic E-state index is -5.14. The van der Waals surface area contributed by atoms with Crippen LogP contribution in [0.4, 0.5) is 34.1 Å². The second-order valence-electron chi connectivity index (χ2n) is 13.2. The Morgan fingerprint density at radius 3 is 1.83 bits per heavy atom. The van der Waals surface area contributed by atoms with E-state index in [9.17, 15) is 59.0 Å². The molecular formula is C37H34N8O15S3. The molecule has 0 radical (unpaired) electrons. The molecule has 0 aliphatic carbocycles. The zero-order chi connectivity index (χ0) is 45.9. The van der Waals surface area contributed by atoms with Crippen LogP contribution in [0, 0.1) is 6.92 Å². The Bertz CT molecular complexity index is 3090. The van der Waals surface area contributed by atoms with Gasteiger partial charge in [-0.3, -0.25) is 18.5 Å². The Balaban J connectivity index is 1.34. The van der Waals surface area contributed by atoms with Gasteiger partial charge in [0.05, 0.1) is 35.2 Å². The molecule has 0 fully saturated rings. The van der Waals surface area contributed by atoms with Gasteiger partial charge in [-0.05, 0) is 85.5 Å². The van der Waals surface area contributed by atoms with E-state index in [1.165, 1.54) is 67.6 Å². The summed E-state index contributed by atoms with van der Waals surface area (Å²) in [7, 11) is -14.3. The number of ether oxygens (including phenoxy) is 2. The number of aliphatic hydroxyl groups is 2. The molecule has 0 aromatic heterocycles. The lowest BCUT2D eigenvalue weighted by Crippen LogP contribution is -2.29. The van der Waals surface area contributed by atoms with Gasteiger partial charge in [-0.25, -0.2) is 0 Å². The van der Waals surface area contributed by atoms with E-state index in [-0.39, 0.29) is 69.6 Å². The molecule has 0 saturated carbocycles. The molecular weight excluding hydrogens is 893 g/mol. The summed E-state index contributed by atoms with van der Waals surface area (Å²) in [6.07, 6.45) is 0. The Kier molecular flexibility index (Phi) is 13.4. The third-order valence-electron chi connectivity index (χ3n) is 8.73. The quantitative estimate of drug-likeness (QED) is 0.0485. The average Bonchev–Trinajstić information content (AvgIpc) is 3.51. The molecule has 1 atom stereocenters. The van der Waals surface area contributed by atoms with Crippen molar-refractivity contribution in [2.45, 2.75) is 34.6 Å². The van der Waals surface area contributed by atoms with E-state index in [2.05, 4.69) is 35.8 Å². The van der Waals surface area contributed by atoms with Gasteiger partial charge in [0, 0.05) is 17.5 Å². The smallest absolute Gasteiger partial charge is 0.296 e. The molecule has 63 heavy (non-hydrogen) atoms. The first-order valence-corrected chi connectivity index (χ1v) is 22.2. The van der Waals surface area contributed by atoms with E-state index in [0.717, 1.165) is 23.2 Å².